The zero-order valence-corrected chi connectivity index (χ0v) is 15.2. The highest BCUT2D eigenvalue weighted by molar-refractivity contribution is 5.96. The Morgan fingerprint density at radius 3 is 2.04 bits per heavy atom. The van der Waals surface area contributed by atoms with Crippen molar-refractivity contribution in [2.75, 3.05) is 6.54 Å². The van der Waals surface area contributed by atoms with E-state index in [9.17, 15) is 4.79 Å². The first kappa shape index (κ1) is 18.1. The smallest absolute Gasteiger partial charge is 0.164 e. The number of benzene rings is 3. The van der Waals surface area contributed by atoms with Gasteiger partial charge in [0.05, 0.1) is 0 Å². The average Bonchev–Trinajstić information content (AvgIpc) is 2.70. The summed E-state index contributed by atoms with van der Waals surface area (Å²) in [5.74, 6) is 0.184. The summed E-state index contributed by atoms with van der Waals surface area (Å²) in [5, 5.41) is 3.42. The van der Waals surface area contributed by atoms with Crippen LogP contribution in [0.25, 0.3) is 0 Å². The van der Waals surface area contributed by atoms with Crippen molar-refractivity contribution in [2.24, 2.45) is 0 Å². The number of carbonyl (C=O) groups excluding carboxylic acids is 1. The Labute approximate surface area is 155 Å². The molecule has 1 atom stereocenters. The van der Waals surface area contributed by atoms with Crippen molar-refractivity contribution < 1.29 is 4.79 Å². The highest BCUT2D eigenvalue weighted by Crippen LogP contribution is 2.13. The Bertz CT molecular complexity index is 810. The molecule has 0 aliphatic rings. The Kier molecular flexibility index (Phi) is 6.34. The van der Waals surface area contributed by atoms with Crippen LogP contribution in [0.3, 0.4) is 0 Å². The zero-order chi connectivity index (χ0) is 18.2. The van der Waals surface area contributed by atoms with Crippen LogP contribution in [-0.2, 0) is 6.42 Å². The number of ketones is 1. The summed E-state index contributed by atoms with van der Waals surface area (Å²) in [4.78, 5) is 12.4. The van der Waals surface area contributed by atoms with Gasteiger partial charge in [0.1, 0.15) is 0 Å². The molecule has 2 nitrogen and oxygen atoms in total. The fourth-order valence-corrected chi connectivity index (χ4v) is 3.05. The summed E-state index contributed by atoms with van der Waals surface area (Å²) < 4.78 is 0. The van der Waals surface area contributed by atoms with E-state index in [1.165, 1.54) is 16.7 Å². The minimum Gasteiger partial charge on any atom is -0.310 e. The molecule has 0 fully saturated rings. The summed E-state index contributed by atoms with van der Waals surface area (Å²) in [6.45, 7) is 2.80. The van der Waals surface area contributed by atoms with Crippen LogP contribution in [0.5, 0.6) is 0 Å². The van der Waals surface area contributed by atoms with Gasteiger partial charge in [0.25, 0.3) is 0 Å². The monoisotopic (exact) mass is 343 g/mol. The Balaban J connectivity index is 1.49. The number of carbonyl (C=O) groups is 1. The summed E-state index contributed by atoms with van der Waals surface area (Å²) in [6, 6.07) is 28.9. The maximum atomic E-state index is 12.4. The third kappa shape index (κ3) is 5.14. The topological polar surface area (TPSA) is 29.1 Å². The van der Waals surface area contributed by atoms with E-state index in [0.717, 1.165) is 12.0 Å². The number of rotatable bonds is 8. The van der Waals surface area contributed by atoms with Crippen molar-refractivity contribution in [1.82, 2.24) is 5.32 Å². The van der Waals surface area contributed by atoms with Crippen LogP contribution in [-0.4, -0.2) is 12.3 Å². The largest absolute Gasteiger partial charge is 0.310 e. The van der Waals surface area contributed by atoms with E-state index in [0.29, 0.717) is 13.0 Å². The molecule has 3 aromatic carbocycles. The molecule has 2 heteroatoms. The first-order chi connectivity index (χ1) is 12.7. The molecule has 26 heavy (non-hydrogen) atoms. The van der Waals surface area contributed by atoms with E-state index in [1.54, 1.807) is 0 Å². The van der Waals surface area contributed by atoms with Crippen molar-refractivity contribution in [3.05, 3.63) is 107 Å². The van der Waals surface area contributed by atoms with Crippen molar-refractivity contribution in [3.8, 4) is 0 Å². The Morgan fingerprint density at radius 1 is 0.808 bits per heavy atom. The molecule has 0 radical (unpaired) electrons. The van der Waals surface area contributed by atoms with Crippen molar-refractivity contribution in [2.45, 2.75) is 25.8 Å². The van der Waals surface area contributed by atoms with Gasteiger partial charge in [-0.1, -0.05) is 84.9 Å². The second-order valence-electron chi connectivity index (χ2n) is 6.62. The molecule has 132 valence electrons. The lowest BCUT2D eigenvalue weighted by Gasteiger charge is -2.13. The molecule has 0 heterocycles. The van der Waals surface area contributed by atoms with Crippen LogP contribution >= 0.6 is 0 Å². The van der Waals surface area contributed by atoms with Crippen molar-refractivity contribution >= 4 is 5.78 Å². The molecule has 0 saturated heterocycles. The van der Waals surface area contributed by atoms with Gasteiger partial charge in [-0.25, -0.2) is 0 Å². The lowest BCUT2D eigenvalue weighted by atomic mass is 10.0. The fraction of sp³-hybridized carbons (Fsp3) is 0.208. The van der Waals surface area contributed by atoms with Gasteiger partial charge in [-0.05, 0) is 30.0 Å². The second-order valence-corrected chi connectivity index (χ2v) is 6.62. The third-order valence-electron chi connectivity index (χ3n) is 4.63. The summed E-state index contributed by atoms with van der Waals surface area (Å²) in [5.41, 5.74) is 4.54. The summed E-state index contributed by atoms with van der Waals surface area (Å²) in [6.07, 6.45) is 1.40. The summed E-state index contributed by atoms with van der Waals surface area (Å²) >= 11 is 0. The number of hydrogen-bond donors (Lipinski definition) is 1. The van der Waals surface area contributed by atoms with Crippen LogP contribution in [0.2, 0.25) is 0 Å². The highest BCUT2D eigenvalue weighted by atomic mass is 16.1. The van der Waals surface area contributed by atoms with Crippen LogP contribution < -0.4 is 5.32 Å². The lowest BCUT2D eigenvalue weighted by molar-refractivity contribution is 0.0982. The van der Waals surface area contributed by atoms with Gasteiger partial charge >= 0.3 is 0 Å². The number of nitrogens with one attached hydrogen (secondary N) is 1. The van der Waals surface area contributed by atoms with Crippen LogP contribution in [0.4, 0.5) is 0 Å². The molecule has 1 unspecified atom stereocenters. The minimum atomic E-state index is 0.184. The van der Waals surface area contributed by atoms with Gasteiger partial charge in [-0.15, -0.1) is 0 Å². The van der Waals surface area contributed by atoms with E-state index in [2.05, 4.69) is 60.8 Å². The molecule has 0 aromatic heterocycles. The molecule has 0 saturated carbocycles. The lowest BCUT2D eigenvalue weighted by Crippen LogP contribution is -2.22. The van der Waals surface area contributed by atoms with E-state index in [-0.39, 0.29) is 11.8 Å². The van der Waals surface area contributed by atoms with E-state index < -0.39 is 0 Å². The first-order valence-electron chi connectivity index (χ1n) is 9.17. The van der Waals surface area contributed by atoms with Crippen molar-refractivity contribution in [1.29, 1.82) is 0 Å². The van der Waals surface area contributed by atoms with E-state index in [1.807, 2.05) is 36.4 Å². The average molecular weight is 343 g/mol. The van der Waals surface area contributed by atoms with Gasteiger partial charge in [-0.2, -0.15) is 0 Å². The van der Waals surface area contributed by atoms with Crippen LogP contribution in [0, 0.1) is 0 Å². The number of hydrogen-bond acceptors (Lipinski definition) is 2. The van der Waals surface area contributed by atoms with Gasteiger partial charge in [0, 0.05) is 24.6 Å². The third-order valence-corrected chi connectivity index (χ3v) is 4.63. The number of Topliss-reactive ketones (excluding diaryl/α,β-unsaturated/α-hetero) is 1. The molecule has 1 N–H and O–H groups in total. The molecular weight excluding hydrogens is 318 g/mol. The van der Waals surface area contributed by atoms with E-state index >= 15 is 0 Å². The zero-order valence-electron chi connectivity index (χ0n) is 15.2. The molecule has 0 aliphatic carbocycles. The molecule has 3 aromatic rings. The molecule has 3 rings (SSSR count). The van der Waals surface area contributed by atoms with Gasteiger partial charge in [0.15, 0.2) is 5.78 Å². The predicted octanol–water partition coefficient (Wildman–Crippen LogP) is 5.20. The first-order valence-corrected chi connectivity index (χ1v) is 9.17. The maximum Gasteiger partial charge on any atom is 0.164 e. The Hall–Kier alpha value is -2.71. The SMILES string of the molecule is CC(NCCC(=O)c1ccc(Cc2ccccc2)cc1)c1ccccc1. The molecule has 0 amide bonds. The van der Waals surface area contributed by atoms with Gasteiger partial charge in [0.2, 0.25) is 0 Å². The minimum absolute atomic E-state index is 0.184. The second kappa shape index (κ2) is 9.12. The summed E-state index contributed by atoms with van der Waals surface area (Å²) in [7, 11) is 0. The molecular formula is C24H25NO. The predicted molar refractivity (Wildman–Crippen MR) is 107 cm³/mol. The van der Waals surface area contributed by atoms with Gasteiger partial charge in [-0.3, -0.25) is 4.79 Å². The Morgan fingerprint density at radius 2 is 1.38 bits per heavy atom. The maximum absolute atomic E-state index is 12.4. The molecule has 0 aliphatic heterocycles. The van der Waals surface area contributed by atoms with Crippen LogP contribution in [0.15, 0.2) is 84.9 Å². The molecule has 0 bridgehead atoms. The molecule has 0 spiro atoms. The van der Waals surface area contributed by atoms with Crippen LogP contribution in [0.1, 0.15) is 46.4 Å². The standard InChI is InChI=1S/C24H25NO/c1-19(22-10-6-3-7-11-22)25-17-16-24(26)23-14-12-21(13-15-23)18-20-8-4-2-5-9-20/h2-15,19,25H,16-18H2,1H3. The fourth-order valence-electron chi connectivity index (χ4n) is 3.05. The highest BCUT2D eigenvalue weighted by Gasteiger charge is 2.08. The van der Waals surface area contributed by atoms with Gasteiger partial charge < -0.3 is 5.32 Å². The van der Waals surface area contributed by atoms with Crippen molar-refractivity contribution in [3.63, 3.8) is 0 Å². The van der Waals surface area contributed by atoms with E-state index in [4.69, 9.17) is 0 Å². The quantitative estimate of drug-likeness (QED) is 0.570. The normalized spacial score (nSPS) is 11.9.